The van der Waals surface area contributed by atoms with Crippen molar-refractivity contribution in [2.75, 3.05) is 55.5 Å². The number of carbonyl (C=O) groups is 2. The molecule has 1 saturated heterocycles. The summed E-state index contributed by atoms with van der Waals surface area (Å²) in [5, 5.41) is 5.49. The average Bonchev–Trinajstić information content (AvgIpc) is 3.05. The molecule has 216 valence electrons. The predicted molar refractivity (Wildman–Crippen MR) is 155 cm³/mol. The van der Waals surface area contributed by atoms with Gasteiger partial charge in [0, 0.05) is 36.6 Å². The van der Waals surface area contributed by atoms with Crippen LogP contribution in [-0.4, -0.2) is 83.4 Å². The molecule has 41 heavy (non-hydrogen) atoms. The van der Waals surface area contributed by atoms with Crippen LogP contribution in [0.5, 0.6) is 11.6 Å². The number of hydrogen-bond acceptors (Lipinski definition) is 9. The molecule has 1 fully saturated rings. The highest BCUT2D eigenvalue weighted by Gasteiger charge is 2.38. The number of ether oxygens (including phenoxy) is 3. The molecule has 2 aliphatic rings. The number of likely N-dealkylation sites (N-methyl/N-ethyl adjacent to an activating group) is 1. The van der Waals surface area contributed by atoms with Gasteiger partial charge in [-0.25, -0.2) is 14.8 Å². The third-order valence-electron chi connectivity index (χ3n) is 6.94. The molecule has 2 aromatic heterocycles. The number of aromatic nitrogens is 3. The molecular weight excluding hydrogens is 526 g/mol. The number of nitrogens with zero attached hydrogens (tertiary/aromatic N) is 5. The summed E-state index contributed by atoms with van der Waals surface area (Å²) in [6.07, 6.45) is 1.55. The third-order valence-corrected chi connectivity index (χ3v) is 6.94. The fourth-order valence-electron chi connectivity index (χ4n) is 4.89. The number of urea groups is 1. The SMILES string of the molecule is CCN1CC(C)(C)Oc2nc(N3CCOC[C@@H]3C)nc(-c3ccc(NC(=O)Nc4cc(OC)ccn4)cc3)c2C1=O. The topological polar surface area (TPSA) is 131 Å². The molecule has 2 aliphatic heterocycles. The number of rotatable bonds is 6. The maximum absolute atomic E-state index is 13.8. The van der Waals surface area contributed by atoms with Crippen molar-refractivity contribution < 1.29 is 23.8 Å². The molecule has 1 atom stereocenters. The number of carbonyl (C=O) groups excluding carboxylic acids is 2. The molecule has 5 rings (SSSR count). The minimum atomic E-state index is -0.644. The van der Waals surface area contributed by atoms with E-state index in [1.807, 2.05) is 32.9 Å². The molecule has 0 saturated carbocycles. The Morgan fingerprint density at radius 2 is 1.95 bits per heavy atom. The van der Waals surface area contributed by atoms with Gasteiger partial charge in [0.05, 0.1) is 38.6 Å². The van der Waals surface area contributed by atoms with Gasteiger partial charge in [-0.15, -0.1) is 0 Å². The maximum Gasteiger partial charge on any atom is 0.324 e. The fraction of sp³-hybridized carbons (Fsp3) is 0.414. The zero-order chi connectivity index (χ0) is 29.1. The van der Waals surface area contributed by atoms with Crippen LogP contribution >= 0.6 is 0 Å². The second kappa shape index (κ2) is 11.6. The second-order valence-electron chi connectivity index (χ2n) is 10.6. The van der Waals surface area contributed by atoms with E-state index in [4.69, 9.17) is 24.2 Å². The predicted octanol–water partition coefficient (Wildman–Crippen LogP) is 4.05. The van der Waals surface area contributed by atoms with Crippen molar-refractivity contribution in [3.05, 3.63) is 48.2 Å². The molecule has 1 aromatic carbocycles. The largest absolute Gasteiger partial charge is 0.497 e. The van der Waals surface area contributed by atoms with Crippen LogP contribution < -0.4 is 25.0 Å². The lowest BCUT2D eigenvalue weighted by Crippen LogP contribution is -2.44. The number of anilines is 3. The summed E-state index contributed by atoms with van der Waals surface area (Å²) in [6, 6.07) is 10.0. The third kappa shape index (κ3) is 6.17. The number of hydrogen-bond donors (Lipinski definition) is 2. The Morgan fingerprint density at radius 1 is 1.17 bits per heavy atom. The van der Waals surface area contributed by atoms with Crippen molar-refractivity contribution in [1.29, 1.82) is 0 Å². The normalized spacial score (nSPS) is 18.2. The lowest BCUT2D eigenvalue weighted by atomic mass is 10.0. The molecule has 12 heteroatoms. The van der Waals surface area contributed by atoms with Gasteiger partial charge in [-0.3, -0.25) is 10.1 Å². The summed E-state index contributed by atoms with van der Waals surface area (Å²) in [4.78, 5) is 44.0. The van der Waals surface area contributed by atoms with Crippen molar-refractivity contribution in [2.45, 2.75) is 39.3 Å². The van der Waals surface area contributed by atoms with Crippen LogP contribution in [0, 0.1) is 0 Å². The lowest BCUT2D eigenvalue weighted by molar-refractivity contribution is 0.0541. The molecule has 2 N–H and O–H groups in total. The highest BCUT2D eigenvalue weighted by molar-refractivity contribution is 6.03. The van der Waals surface area contributed by atoms with Crippen LogP contribution in [-0.2, 0) is 4.74 Å². The number of morpholine rings is 1. The standard InChI is InChI=1S/C29H35N7O5/c1-6-35-17-29(3,4)41-25-23(26(35)37)24(33-27(34-25)36-13-14-40-16-18(36)2)19-7-9-20(10-8-19)31-28(38)32-22-15-21(39-5)11-12-30-22/h7-12,15,18H,6,13-14,16-17H2,1-5H3,(H2,30,31,32,38)/t18-/m0/s1. The van der Waals surface area contributed by atoms with E-state index in [1.165, 1.54) is 0 Å². The van der Waals surface area contributed by atoms with E-state index < -0.39 is 11.6 Å². The van der Waals surface area contributed by atoms with E-state index in [-0.39, 0.29) is 17.8 Å². The smallest absolute Gasteiger partial charge is 0.324 e. The Bertz CT molecular complexity index is 1430. The van der Waals surface area contributed by atoms with Gasteiger partial charge in [0.2, 0.25) is 11.8 Å². The van der Waals surface area contributed by atoms with Crippen LogP contribution in [0.3, 0.4) is 0 Å². The first kappa shape index (κ1) is 28.1. The maximum atomic E-state index is 13.8. The molecular formula is C29H35N7O5. The Morgan fingerprint density at radius 3 is 2.66 bits per heavy atom. The number of benzene rings is 1. The highest BCUT2D eigenvalue weighted by atomic mass is 16.5. The Balaban J connectivity index is 1.48. The molecule has 0 bridgehead atoms. The van der Waals surface area contributed by atoms with E-state index >= 15 is 0 Å². The molecule has 4 heterocycles. The highest BCUT2D eigenvalue weighted by Crippen LogP contribution is 2.36. The lowest BCUT2D eigenvalue weighted by Gasteiger charge is -2.34. The molecule has 3 amide bonds. The van der Waals surface area contributed by atoms with Gasteiger partial charge in [-0.1, -0.05) is 12.1 Å². The summed E-state index contributed by atoms with van der Waals surface area (Å²) in [5.41, 5.74) is 1.40. The van der Waals surface area contributed by atoms with E-state index in [2.05, 4.69) is 27.4 Å². The quantitative estimate of drug-likeness (QED) is 0.458. The summed E-state index contributed by atoms with van der Waals surface area (Å²) in [7, 11) is 1.54. The monoisotopic (exact) mass is 561 g/mol. The average molecular weight is 562 g/mol. The Hall–Kier alpha value is -4.45. The number of amides is 3. The minimum Gasteiger partial charge on any atom is -0.497 e. The Labute approximate surface area is 239 Å². The van der Waals surface area contributed by atoms with E-state index in [9.17, 15) is 9.59 Å². The minimum absolute atomic E-state index is 0.0560. The number of fused-ring (bicyclic) bond motifs is 1. The first-order valence-corrected chi connectivity index (χ1v) is 13.6. The van der Waals surface area contributed by atoms with Gasteiger partial charge < -0.3 is 29.3 Å². The molecule has 3 aromatic rings. The van der Waals surface area contributed by atoms with Gasteiger partial charge in [0.1, 0.15) is 22.7 Å². The molecule has 0 unspecified atom stereocenters. The van der Waals surface area contributed by atoms with Gasteiger partial charge in [-0.05, 0) is 45.9 Å². The van der Waals surface area contributed by atoms with Crippen molar-refractivity contribution in [3.63, 3.8) is 0 Å². The van der Waals surface area contributed by atoms with Crippen molar-refractivity contribution in [3.8, 4) is 22.9 Å². The molecule has 0 radical (unpaired) electrons. The van der Waals surface area contributed by atoms with Gasteiger partial charge in [0.25, 0.3) is 5.91 Å². The van der Waals surface area contributed by atoms with E-state index in [0.717, 1.165) is 0 Å². The fourth-order valence-corrected chi connectivity index (χ4v) is 4.89. The van der Waals surface area contributed by atoms with Crippen LogP contribution in [0.2, 0.25) is 0 Å². The van der Waals surface area contributed by atoms with E-state index in [0.29, 0.717) is 72.9 Å². The molecule has 0 aliphatic carbocycles. The summed E-state index contributed by atoms with van der Waals surface area (Å²) < 4.78 is 17.2. The van der Waals surface area contributed by atoms with Crippen LogP contribution in [0.1, 0.15) is 38.1 Å². The van der Waals surface area contributed by atoms with Crippen molar-refractivity contribution in [1.82, 2.24) is 19.9 Å². The van der Waals surface area contributed by atoms with Gasteiger partial charge in [-0.2, -0.15) is 4.98 Å². The van der Waals surface area contributed by atoms with Gasteiger partial charge >= 0.3 is 6.03 Å². The Kier molecular flexibility index (Phi) is 7.93. The van der Waals surface area contributed by atoms with Crippen molar-refractivity contribution >= 4 is 29.4 Å². The summed E-state index contributed by atoms with van der Waals surface area (Å²) in [6.45, 7) is 10.6. The second-order valence-corrected chi connectivity index (χ2v) is 10.6. The van der Waals surface area contributed by atoms with Crippen molar-refractivity contribution in [2.24, 2.45) is 0 Å². The number of pyridine rings is 1. The first-order chi connectivity index (χ1) is 19.7. The molecule has 12 nitrogen and oxygen atoms in total. The summed E-state index contributed by atoms with van der Waals surface area (Å²) in [5.74, 6) is 1.50. The van der Waals surface area contributed by atoms with Gasteiger partial charge in [0.15, 0.2) is 0 Å². The van der Waals surface area contributed by atoms with Crippen LogP contribution in [0.4, 0.5) is 22.2 Å². The van der Waals surface area contributed by atoms with Crippen LogP contribution in [0.25, 0.3) is 11.3 Å². The number of methoxy groups -OCH3 is 1. The number of nitrogens with one attached hydrogen (secondary N) is 2. The summed E-state index contributed by atoms with van der Waals surface area (Å²) >= 11 is 0. The molecule has 0 spiro atoms. The van der Waals surface area contributed by atoms with E-state index in [1.54, 1.807) is 42.5 Å². The first-order valence-electron chi connectivity index (χ1n) is 13.6. The van der Waals surface area contributed by atoms with Crippen LogP contribution in [0.15, 0.2) is 42.6 Å². The zero-order valence-electron chi connectivity index (χ0n) is 23.9. The zero-order valence-corrected chi connectivity index (χ0v) is 23.9.